The average molecular weight is 511 g/mol. The Labute approximate surface area is 213 Å². The van der Waals surface area contributed by atoms with Crippen molar-refractivity contribution in [1.29, 1.82) is 0 Å². The Morgan fingerprint density at radius 3 is 1.39 bits per heavy atom. The quantitative estimate of drug-likeness (QED) is 0.187. The lowest BCUT2D eigenvalue weighted by molar-refractivity contribution is 0.552. The van der Waals surface area contributed by atoms with Gasteiger partial charge >= 0.3 is 10.2 Å². The second kappa shape index (κ2) is 10.2. The molecule has 0 heterocycles. The molecule has 0 aliphatic heterocycles. The average Bonchev–Trinajstić information content (AvgIpc) is 2.91. The van der Waals surface area contributed by atoms with Gasteiger partial charge in [-0.05, 0) is 59.3 Å². The summed E-state index contributed by atoms with van der Waals surface area (Å²) in [6, 6.07) is 41.4. The number of halogens is 1. The van der Waals surface area contributed by atoms with Gasteiger partial charge in [0.25, 0.3) is 0 Å². The van der Waals surface area contributed by atoms with E-state index in [-0.39, 0.29) is 4.90 Å². The molecule has 0 unspecified atom stereocenters. The Hall–Kier alpha value is -3.59. The Bertz CT molecular complexity index is 1500. The monoisotopic (exact) mass is 510 g/mol. The lowest BCUT2D eigenvalue weighted by Gasteiger charge is -2.22. The minimum atomic E-state index is -4.90. The third-order valence-corrected chi connectivity index (χ3v) is 9.60. The van der Waals surface area contributed by atoms with Crippen LogP contribution in [0.3, 0.4) is 0 Å². The molecule has 0 radical (unpaired) electrons. The molecule has 178 valence electrons. The standard InChI is InChI=1S/C31H24FO2PS/c1-23-12-21-30(31(22-23)36(32,33)34)35(28-17-13-26(14-18-28)24-8-4-2-5-9-24)29-19-15-27(16-20-29)25-10-6-3-7-11-25/h2-22H,1H3. The first-order chi connectivity index (χ1) is 17.4. The molecular formula is C31H24FO2PS. The van der Waals surface area contributed by atoms with Crippen molar-refractivity contribution in [3.8, 4) is 22.3 Å². The van der Waals surface area contributed by atoms with E-state index in [9.17, 15) is 12.3 Å². The number of hydrogen-bond donors (Lipinski definition) is 0. The summed E-state index contributed by atoms with van der Waals surface area (Å²) in [6.07, 6.45) is 0. The van der Waals surface area contributed by atoms with E-state index in [0.717, 1.165) is 32.9 Å². The molecule has 0 saturated carbocycles. The molecule has 0 atom stereocenters. The summed E-state index contributed by atoms with van der Waals surface area (Å²) in [5.74, 6) is 0. The van der Waals surface area contributed by atoms with Crippen LogP contribution in [0.1, 0.15) is 5.56 Å². The van der Waals surface area contributed by atoms with Gasteiger partial charge in [0.15, 0.2) is 0 Å². The van der Waals surface area contributed by atoms with Crippen molar-refractivity contribution < 1.29 is 12.3 Å². The maximum Gasteiger partial charge on any atom is 0.332 e. The van der Waals surface area contributed by atoms with Crippen molar-refractivity contribution in [2.75, 3.05) is 0 Å². The highest BCUT2D eigenvalue weighted by Crippen LogP contribution is 2.37. The summed E-state index contributed by atoms with van der Waals surface area (Å²) in [5, 5.41) is 2.38. The van der Waals surface area contributed by atoms with Gasteiger partial charge in [0.2, 0.25) is 0 Å². The summed E-state index contributed by atoms with van der Waals surface area (Å²) in [4.78, 5) is -0.257. The van der Waals surface area contributed by atoms with Gasteiger partial charge in [-0.3, -0.25) is 0 Å². The van der Waals surface area contributed by atoms with Gasteiger partial charge in [0.05, 0.1) is 0 Å². The van der Waals surface area contributed by atoms with Crippen LogP contribution < -0.4 is 15.9 Å². The molecule has 0 aliphatic carbocycles. The maximum atomic E-state index is 14.5. The fraction of sp³-hybridized carbons (Fsp3) is 0.0323. The van der Waals surface area contributed by atoms with E-state index in [1.165, 1.54) is 6.07 Å². The summed E-state index contributed by atoms with van der Waals surface area (Å²) in [6.45, 7) is 1.77. The molecule has 5 aromatic carbocycles. The topological polar surface area (TPSA) is 34.1 Å². The van der Waals surface area contributed by atoms with Crippen LogP contribution in [-0.4, -0.2) is 8.42 Å². The molecule has 5 heteroatoms. The number of hydrogen-bond acceptors (Lipinski definition) is 2. The predicted molar refractivity (Wildman–Crippen MR) is 149 cm³/mol. The fourth-order valence-electron chi connectivity index (χ4n) is 4.30. The van der Waals surface area contributed by atoms with E-state index in [2.05, 4.69) is 0 Å². The third kappa shape index (κ3) is 5.16. The van der Waals surface area contributed by atoms with Crippen LogP contribution >= 0.6 is 7.92 Å². The summed E-state index contributed by atoms with van der Waals surface area (Å²) in [7, 11) is -6.23. The van der Waals surface area contributed by atoms with Crippen LogP contribution in [-0.2, 0) is 10.2 Å². The van der Waals surface area contributed by atoms with Crippen LogP contribution in [0.5, 0.6) is 0 Å². The molecule has 0 fully saturated rings. The van der Waals surface area contributed by atoms with Gasteiger partial charge in [-0.25, -0.2) is 0 Å². The van der Waals surface area contributed by atoms with Crippen molar-refractivity contribution in [3.63, 3.8) is 0 Å². The minimum Gasteiger partial charge on any atom is -0.189 e. The number of rotatable bonds is 6. The molecule has 0 aromatic heterocycles. The van der Waals surface area contributed by atoms with Crippen molar-refractivity contribution >= 4 is 34.1 Å². The lowest BCUT2D eigenvalue weighted by Crippen LogP contribution is -2.24. The van der Waals surface area contributed by atoms with E-state index >= 15 is 0 Å². The first kappa shape index (κ1) is 24.1. The SMILES string of the molecule is Cc1ccc(P(c2ccc(-c3ccccc3)cc2)c2ccc(-c3ccccc3)cc2)c(S(=O)(=O)F)c1. The van der Waals surface area contributed by atoms with Crippen molar-refractivity contribution in [3.05, 3.63) is 133 Å². The smallest absolute Gasteiger partial charge is 0.189 e. The van der Waals surface area contributed by atoms with E-state index in [0.29, 0.717) is 10.9 Å². The van der Waals surface area contributed by atoms with E-state index in [1.807, 2.05) is 115 Å². The van der Waals surface area contributed by atoms with Crippen LogP contribution in [0, 0.1) is 6.92 Å². The molecule has 2 nitrogen and oxygen atoms in total. The molecule has 36 heavy (non-hydrogen) atoms. The first-order valence-electron chi connectivity index (χ1n) is 11.6. The Balaban J connectivity index is 1.64. The number of benzene rings is 5. The van der Waals surface area contributed by atoms with Gasteiger partial charge < -0.3 is 0 Å². The van der Waals surface area contributed by atoms with Crippen LogP contribution in [0.2, 0.25) is 0 Å². The zero-order valence-corrected chi connectivity index (χ0v) is 21.4. The first-order valence-corrected chi connectivity index (χ1v) is 14.3. The Kier molecular flexibility index (Phi) is 6.82. The highest BCUT2D eigenvalue weighted by Gasteiger charge is 2.26. The Morgan fingerprint density at radius 1 is 0.556 bits per heavy atom. The normalized spacial score (nSPS) is 11.5. The highest BCUT2D eigenvalue weighted by molar-refractivity contribution is 7.88. The van der Waals surface area contributed by atoms with E-state index < -0.39 is 18.1 Å². The van der Waals surface area contributed by atoms with Gasteiger partial charge in [-0.1, -0.05) is 121 Å². The number of aryl methyl sites for hydroxylation is 1. The zero-order chi connectivity index (χ0) is 25.1. The maximum absolute atomic E-state index is 14.5. The van der Waals surface area contributed by atoms with Gasteiger partial charge in [-0.15, -0.1) is 3.89 Å². The van der Waals surface area contributed by atoms with Crippen molar-refractivity contribution in [2.45, 2.75) is 11.8 Å². The van der Waals surface area contributed by atoms with Crippen LogP contribution in [0.4, 0.5) is 3.89 Å². The molecule has 0 N–H and O–H groups in total. The summed E-state index contributed by atoms with van der Waals surface area (Å²) in [5.41, 5.74) is 5.03. The lowest BCUT2D eigenvalue weighted by atomic mass is 10.1. The molecular weight excluding hydrogens is 486 g/mol. The van der Waals surface area contributed by atoms with E-state index in [4.69, 9.17) is 0 Å². The van der Waals surface area contributed by atoms with Crippen LogP contribution in [0.25, 0.3) is 22.3 Å². The zero-order valence-electron chi connectivity index (χ0n) is 19.7. The fourth-order valence-corrected chi connectivity index (χ4v) is 7.80. The van der Waals surface area contributed by atoms with Gasteiger partial charge in [0.1, 0.15) is 4.90 Å². The summed E-state index contributed by atoms with van der Waals surface area (Å²) < 4.78 is 38.9. The highest BCUT2D eigenvalue weighted by atomic mass is 32.3. The minimum absolute atomic E-state index is 0.257. The van der Waals surface area contributed by atoms with Crippen molar-refractivity contribution in [2.24, 2.45) is 0 Å². The molecule has 0 saturated heterocycles. The van der Waals surface area contributed by atoms with Gasteiger partial charge in [0, 0.05) is 5.30 Å². The molecule has 0 aliphatic rings. The molecule has 0 bridgehead atoms. The van der Waals surface area contributed by atoms with Crippen LogP contribution in [0.15, 0.2) is 132 Å². The van der Waals surface area contributed by atoms with E-state index in [1.54, 1.807) is 13.0 Å². The largest absolute Gasteiger partial charge is 0.332 e. The molecule has 0 spiro atoms. The molecule has 5 rings (SSSR count). The Morgan fingerprint density at radius 2 is 0.972 bits per heavy atom. The molecule has 0 amide bonds. The van der Waals surface area contributed by atoms with Crippen molar-refractivity contribution in [1.82, 2.24) is 0 Å². The summed E-state index contributed by atoms with van der Waals surface area (Å²) >= 11 is 0. The molecule has 5 aromatic rings. The predicted octanol–water partition coefficient (Wildman–Crippen LogP) is 6.75. The van der Waals surface area contributed by atoms with Gasteiger partial charge in [-0.2, -0.15) is 8.42 Å². The second-order valence-electron chi connectivity index (χ2n) is 8.57. The third-order valence-electron chi connectivity index (χ3n) is 6.08. The second-order valence-corrected chi connectivity index (χ2v) is 12.1.